The number of hydrogen-bond donors (Lipinski definition) is 0. The van der Waals surface area contributed by atoms with Gasteiger partial charge in [0.25, 0.3) is 0 Å². The van der Waals surface area contributed by atoms with Gasteiger partial charge in [-0.3, -0.25) is 0 Å². The van der Waals surface area contributed by atoms with Gasteiger partial charge in [-0.05, 0) is 0 Å². The largest absolute Gasteiger partial charge is 2.00 e. The van der Waals surface area contributed by atoms with Crippen LogP contribution in [0.3, 0.4) is 0 Å². The molecule has 0 spiro atoms. The Labute approximate surface area is 215 Å². The van der Waals surface area contributed by atoms with Gasteiger partial charge >= 0.3 is 102 Å². The van der Waals surface area contributed by atoms with Crippen LogP contribution in [0.1, 0.15) is 0 Å². The Morgan fingerprint density at radius 3 is 0.296 bits per heavy atom. The van der Waals surface area contributed by atoms with Gasteiger partial charge in [-0.2, -0.15) is 0 Å². The molecule has 0 unspecified atom stereocenters. The molecule has 0 radical (unpaired) electrons. The molecule has 0 aliphatic heterocycles. The minimum absolute atomic E-state index is 0. The Balaban J connectivity index is -0.00000000978. The van der Waals surface area contributed by atoms with Crippen LogP contribution in [0.4, 0.5) is 0 Å². The predicted molar refractivity (Wildman–Crippen MR) is 51.8 cm³/mol. The van der Waals surface area contributed by atoms with Gasteiger partial charge in [-0.1, -0.05) is 0 Å². The fourth-order valence-electron chi connectivity index (χ4n) is 0. The van der Waals surface area contributed by atoms with E-state index in [9.17, 15) is 0 Å². The first-order chi connectivity index (χ1) is 8.66. The zero-order valence-electron chi connectivity index (χ0n) is 10.9. The molecule has 0 saturated heterocycles. The maximum atomic E-state index is 8.25. The fourth-order valence-corrected chi connectivity index (χ4v) is 0. The zero-order valence-corrected chi connectivity index (χ0v) is 18.2. The van der Waals surface area contributed by atoms with Crippen molar-refractivity contribution in [2.45, 2.75) is 0 Å². The summed E-state index contributed by atoms with van der Waals surface area (Å²) in [5.41, 5.74) is 0. The van der Waals surface area contributed by atoms with Crippen molar-refractivity contribution in [2.75, 3.05) is 0 Å². The Morgan fingerprint density at radius 1 is 0.296 bits per heavy atom. The molecule has 164 valence electrons. The summed E-state index contributed by atoms with van der Waals surface area (Å²) in [6, 6.07) is 0. The van der Waals surface area contributed by atoms with E-state index in [4.69, 9.17) is 76.6 Å². The molecule has 0 N–H and O–H groups in total. The minimum Gasteiger partial charge on any atom is -1.00 e. The van der Waals surface area contributed by atoms with Crippen LogP contribution >= 0.6 is 0 Å². The van der Waals surface area contributed by atoms with E-state index in [2.05, 4.69) is 0 Å². The van der Waals surface area contributed by atoms with Crippen molar-refractivity contribution in [3.8, 4) is 0 Å². The second-order valence-electron chi connectivity index (χ2n) is 1.12. The van der Waals surface area contributed by atoms with Gasteiger partial charge in [0.2, 0.25) is 0 Å². The van der Waals surface area contributed by atoms with E-state index < -0.39 is 25.4 Å². The Kier molecular flexibility index (Phi) is 222. The summed E-state index contributed by atoms with van der Waals surface area (Å²) in [6.45, 7) is 0. The van der Waals surface area contributed by atoms with Crippen LogP contribution in [0.25, 0.3) is 0 Å². The van der Waals surface area contributed by atoms with E-state index in [-0.39, 0.29) is 115 Å². The topological polar surface area (TPSA) is 331 Å². The summed E-state index contributed by atoms with van der Waals surface area (Å²) in [5.74, 6) is 0. The molecule has 0 saturated carbocycles. The number of rotatable bonds is 0. The number of halogens is 1. The van der Waals surface area contributed by atoms with Gasteiger partial charge in [0.15, 0.2) is 0 Å². The van der Waals surface area contributed by atoms with E-state index in [0.29, 0.717) is 0 Å². The van der Waals surface area contributed by atoms with Crippen molar-refractivity contribution in [3.05, 3.63) is 76.6 Å². The van der Waals surface area contributed by atoms with Crippen LogP contribution in [-0.2, 0) is 102 Å². The third-order valence-corrected chi connectivity index (χ3v) is 0. The SMILES string of the molecule is O=[N+]([O-])[O-].O=[N+]([O-])[O-].O=[N+]([O-])[O-].O=[N+]([O-])[O-].O=[N+]([O-])[O-].[Cl-].[Fe+2].[Fe+2].[Fe+2].[Fe+2].[Fe+2].[Fe+2]. The predicted octanol–water partition coefficient (Wildman–Crippen LogP) is -4.21. The fraction of sp³-hybridized carbons (Fsp3) is 0. The first kappa shape index (κ1) is 82.1. The molecular weight excluding hydrogens is 681 g/mol. The van der Waals surface area contributed by atoms with E-state index in [1.807, 2.05) is 0 Å². The third kappa shape index (κ3) is 39600. The van der Waals surface area contributed by atoms with Crippen molar-refractivity contribution in [2.24, 2.45) is 0 Å². The first-order valence-corrected chi connectivity index (χ1v) is 2.74. The summed E-state index contributed by atoms with van der Waals surface area (Å²) in [6.07, 6.45) is 0. The van der Waals surface area contributed by atoms with Crippen LogP contribution in [0.5, 0.6) is 0 Å². The summed E-state index contributed by atoms with van der Waals surface area (Å²) < 4.78 is 0. The van der Waals surface area contributed by atoms with Crippen molar-refractivity contribution in [1.82, 2.24) is 0 Å². The quantitative estimate of drug-likeness (QED) is 0.133. The van der Waals surface area contributed by atoms with Crippen LogP contribution in [0.2, 0.25) is 0 Å². The Morgan fingerprint density at radius 2 is 0.296 bits per heavy atom. The number of nitrogens with zero attached hydrogens (tertiary/aromatic N) is 5. The standard InChI is InChI=1S/ClH.6Fe.5NO3/c;;;;;;;5*2-1(3)4/h1H;;;;;;;;;;;/q;6*+2;5*-1/p-1. The molecule has 27 heavy (non-hydrogen) atoms. The summed E-state index contributed by atoms with van der Waals surface area (Å²) >= 11 is 0. The average Bonchev–Trinajstić information content (AvgIpc) is 1.94. The van der Waals surface area contributed by atoms with Crippen molar-refractivity contribution in [3.63, 3.8) is 0 Å². The molecule has 0 amide bonds. The smallest absolute Gasteiger partial charge is 1.00 e. The third-order valence-electron chi connectivity index (χ3n) is 0. The Hall–Kier alpha value is -0.593. The Bertz CT molecular complexity index is 227. The van der Waals surface area contributed by atoms with Crippen LogP contribution in [0.15, 0.2) is 0 Å². The van der Waals surface area contributed by atoms with Crippen LogP contribution in [0, 0.1) is 76.6 Å². The zero-order chi connectivity index (χ0) is 17.9. The molecule has 0 aromatic rings. The van der Waals surface area contributed by atoms with Gasteiger partial charge in [0, 0.05) is 0 Å². The van der Waals surface area contributed by atoms with Crippen LogP contribution < -0.4 is 12.4 Å². The normalized spacial score (nSPS) is 4.44. The monoisotopic (exact) mass is 681 g/mol. The maximum Gasteiger partial charge on any atom is 2.00 e. The summed E-state index contributed by atoms with van der Waals surface area (Å²) in [5, 5.41) is 73.8. The molecule has 0 bridgehead atoms. The van der Waals surface area contributed by atoms with Gasteiger partial charge < -0.3 is 89.0 Å². The van der Waals surface area contributed by atoms with Gasteiger partial charge in [-0.25, -0.2) is 0 Å². The molecule has 0 fully saturated rings. The van der Waals surface area contributed by atoms with Gasteiger partial charge in [-0.15, -0.1) is 0 Å². The molecule has 20 nitrogen and oxygen atoms in total. The molecule has 27 heteroatoms. The number of hydrogen-bond acceptors (Lipinski definition) is 15. The van der Waals surface area contributed by atoms with E-state index in [0.717, 1.165) is 0 Å². The summed E-state index contributed by atoms with van der Waals surface area (Å²) in [4.78, 5) is 41.2. The molecular formula is ClFe6N5O15+6. The van der Waals surface area contributed by atoms with Gasteiger partial charge in [0.05, 0.1) is 25.4 Å². The minimum atomic E-state index is -1.75. The van der Waals surface area contributed by atoms with Crippen molar-refractivity contribution in [1.29, 1.82) is 0 Å². The summed E-state index contributed by atoms with van der Waals surface area (Å²) in [7, 11) is 0. The van der Waals surface area contributed by atoms with Gasteiger partial charge in [0.1, 0.15) is 0 Å². The molecule has 0 aliphatic carbocycles. The molecule has 0 aromatic carbocycles. The second kappa shape index (κ2) is 72.9. The van der Waals surface area contributed by atoms with E-state index >= 15 is 0 Å². The molecule has 0 aromatic heterocycles. The second-order valence-corrected chi connectivity index (χ2v) is 1.12. The first-order valence-electron chi connectivity index (χ1n) is 2.74. The van der Waals surface area contributed by atoms with E-state index in [1.165, 1.54) is 0 Å². The van der Waals surface area contributed by atoms with Crippen molar-refractivity contribution < 1.29 is 140 Å². The molecule has 0 atom stereocenters. The average molecular weight is 681 g/mol. The van der Waals surface area contributed by atoms with E-state index in [1.54, 1.807) is 0 Å². The molecule has 0 aliphatic rings. The van der Waals surface area contributed by atoms with Crippen LogP contribution in [-0.4, -0.2) is 25.4 Å². The van der Waals surface area contributed by atoms with Crippen molar-refractivity contribution >= 4 is 0 Å². The molecule has 0 rings (SSSR count). The maximum absolute atomic E-state index is 8.25. The molecule has 0 heterocycles.